The van der Waals surface area contributed by atoms with Crippen molar-refractivity contribution in [1.29, 1.82) is 0 Å². The lowest BCUT2D eigenvalue weighted by molar-refractivity contribution is 0.633. The monoisotopic (exact) mass is 218 g/mol. The SMILES string of the molecule is CC(C)NCC=Cc1ccc(N(C)C)cc1. The molecular weight excluding hydrogens is 196 g/mol. The van der Waals surface area contributed by atoms with E-state index in [9.17, 15) is 0 Å². The second-order valence-corrected chi connectivity index (χ2v) is 4.45. The minimum Gasteiger partial charge on any atom is -0.378 e. The summed E-state index contributed by atoms with van der Waals surface area (Å²) in [6, 6.07) is 9.09. The minimum atomic E-state index is 0.542. The summed E-state index contributed by atoms with van der Waals surface area (Å²) in [6.07, 6.45) is 4.31. The Morgan fingerprint density at radius 1 is 1.19 bits per heavy atom. The van der Waals surface area contributed by atoms with Gasteiger partial charge >= 0.3 is 0 Å². The topological polar surface area (TPSA) is 15.3 Å². The Morgan fingerprint density at radius 2 is 1.81 bits per heavy atom. The fraction of sp³-hybridized carbons (Fsp3) is 0.429. The van der Waals surface area contributed by atoms with Crippen LogP contribution in [0.15, 0.2) is 30.3 Å². The molecule has 2 nitrogen and oxygen atoms in total. The molecule has 16 heavy (non-hydrogen) atoms. The summed E-state index contributed by atoms with van der Waals surface area (Å²) in [4.78, 5) is 2.10. The van der Waals surface area contributed by atoms with Crippen molar-refractivity contribution in [2.75, 3.05) is 25.5 Å². The molecule has 0 unspecified atom stereocenters. The van der Waals surface area contributed by atoms with Gasteiger partial charge in [-0.25, -0.2) is 0 Å². The van der Waals surface area contributed by atoms with Crippen LogP contribution in [-0.2, 0) is 0 Å². The molecule has 0 saturated heterocycles. The van der Waals surface area contributed by atoms with Crippen LogP contribution in [0.3, 0.4) is 0 Å². The molecule has 0 fully saturated rings. The Bertz CT molecular complexity index is 323. The largest absolute Gasteiger partial charge is 0.378 e. The average Bonchev–Trinajstić information content (AvgIpc) is 2.25. The quantitative estimate of drug-likeness (QED) is 0.817. The predicted molar refractivity (Wildman–Crippen MR) is 72.9 cm³/mol. The standard InChI is InChI=1S/C14H22N2/c1-12(2)15-11-5-6-13-7-9-14(10-8-13)16(3)4/h5-10,12,15H,11H2,1-4H3. The fourth-order valence-corrected chi connectivity index (χ4v) is 1.38. The van der Waals surface area contributed by atoms with Gasteiger partial charge in [-0.1, -0.05) is 38.1 Å². The van der Waals surface area contributed by atoms with E-state index >= 15 is 0 Å². The van der Waals surface area contributed by atoms with E-state index in [2.05, 4.69) is 74.6 Å². The van der Waals surface area contributed by atoms with Crippen molar-refractivity contribution < 1.29 is 0 Å². The molecule has 1 rings (SSSR count). The lowest BCUT2D eigenvalue weighted by Crippen LogP contribution is -2.22. The van der Waals surface area contributed by atoms with Gasteiger partial charge in [-0.05, 0) is 17.7 Å². The number of anilines is 1. The number of hydrogen-bond donors (Lipinski definition) is 1. The van der Waals surface area contributed by atoms with Crippen LogP contribution in [0.2, 0.25) is 0 Å². The highest BCUT2D eigenvalue weighted by Gasteiger charge is 1.93. The molecule has 0 amide bonds. The first kappa shape index (κ1) is 12.8. The van der Waals surface area contributed by atoms with Crippen LogP contribution in [0.4, 0.5) is 5.69 Å². The minimum absolute atomic E-state index is 0.542. The van der Waals surface area contributed by atoms with Crippen LogP contribution in [-0.4, -0.2) is 26.7 Å². The van der Waals surface area contributed by atoms with Crippen molar-refractivity contribution >= 4 is 11.8 Å². The van der Waals surface area contributed by atoms with Crippen molar-refractivity contribution in [3.05, 3.63) is 35.9 Å². The molecule has 1 aromatic carbocycles. The smallest absolute Gasteiger partial charge is 0.0361 e. The molecule has 0 saturated carbocycles. The summed E-state index contributed by atoms with van der Waals surface area (Å²) >= 11 is 0. The molecule has 0 atom stereocenters. The molecule has 0 aliphatic carbocycles. The van der Waals surface area contributed by atoms with Gasteiger partial charge in [0.05, 0.1) is 0 Å². The zero-order valence-electron chi connectivity index (χ0n) is 10.7. The van der Waals surface area contributed by atoms with Gasteiger partial charge < -0.3 is 10.2 Å². The Hall–Kier alpha value is -1.28. The van der Waals surface area contributed by atoms with Gasteiger partial charge in [0.25, 0.3) is 0 Å². The molecule has 0 radical (unpaired) electrons. The van der Waals surface area contributed by atoms with Crippen molar-refractivity contribution in [2.45, 2.75) is 19.9 Å². The highest BCUT2D eigenvalue weighted by atomic mass is 15.1. The maximum atomic E-state index is 3.35. The van der Waals surface area contributed by atoms with Gasteiger partial charge in [-0.15, -0.1) is 0 Å². The molecule has 0 heterocycles. The zero-order chi connectivity index (χ0) is 12.0. The van der Waals surface area contributed by atoms with Gasteiger partial charge in [-0.3, -0.25) is 0 Å². The number of rotatable bonds is 5. The third kappa shape index (κ3) is 4.49. The highest BCUT2D eigenvalue weighted by molar-refractivity contribution is 5.55. The summed E-state index contributed by atoms with van der Waals surface area (Å²) in [5.74, 6) is 0. The molecule has 1 aromatic rings. The van der Waals surface area contributed by atoms with E-state index in [0.29, 0.717) is 6.04 Å². The van der Waals surface area contributed by atoms with E-state index in [-0.39, 0.29) is 0 Å². The van der Waals surface area contributed by atoms with Crippen molar-refractivity contribution in [2.24, 2.45) is 0 Å². The van der Waals surface area contributed by atoms with E-state index in [0.717, 1.165) is 6.54 Å². The van der Waals surface area contributed by atoms with E-state index in [1.807, 2.05) is 0 Å². The first-order valence-corrected chi connectivity index (χ1v) is 5.77. The van der Waals surface area contributed by atoms with Gasteiger partial charge in [0.1, 0.15) is 0 Å². The molecule has 0 bridgehead atoms. The first-order valence-electron chi connectivity index (χ1n) is 5.77. The Morgan fingerprint density at radius 3 is 2.31 bits per heavy atom. The number of hydrogen-bond acceptors (Lipinski definition) is 2. The van der Waals surface area contributed by atoms with Crippen molar-refractivity contribution in [3.8, 4) is 0 Å². The number of nitrogens with zero attached hydrogens (tertiary/aromatic N) is 1. The summed E-state index contributed by atoms with van der Waals surface area (Å²) in [7, 11) is 4.11. The predicted octanol–water partition coefficient (Wildman–Crippen LogP) is 2.76. The van der Waals surface area contributed by atoms with Gasteiger partial charge in [0.15, 0.2) is 0 Å². The lowest BCUT2D eigenvalue weighted by atomic mass is 10.2. The lowest BCUT2D eigenvalue weighted by Gasteiger charge is -2.11. The normalized spacial score (nSPS) is 11.3. The van der Waals surface area contributed by atoms with Crippen LogP contribution >= 0.6 is 0 Å². The number of benzene rings is 1. The van der Waals surface area contributed by atoms with E-state index in [4.69, 9.17) is 0 Å². The van der Waals surface area contributed by atoms with Crippen LogP contribution in [0.5, 0.6) is 0 Å². The molecule has 0 aromatic heterocycles. The Balaban J connectivity index is 2.48. The molecule has 0 aliphatic heterocycles. The van der Waals surface area contributed by atoms with Crippen molar-refractivity contribution in [3.63, 3.8) is 0 Å². The van der Waals surface area contributed by atoms with E-state index < -0.39 is 0 Å². The average molecular weight is 218 g/mol. The highest BCUT2D eigenvalue weighted by Crippen LogP contribution is 2.12. The molecule has 2 heteroatoms. The van der Waals surface area contributed by atoms with Gasteiger partial charge in [0, 0.05) is 32.4 Å². The Kier molecular flexibility index (Phi) is 5.06. The summed E-state index contributed by atoms with van der Waals surface area (Å²) in [5, 5.41) is 3.35. The third-order valence-corrected chi connectivity index (χ3v) is 2.36. The third-order valence-electron chi connectivity index (χ3n) is 2.36. The second-order valence-electron chi connectivity index (χ2n) is 4.45. The maximum absolute atomic E-state index is 3.35. The fourth-order valence-electron chi connectivity index (χ4n) is 1.38. The van der Waals surface area contributed by atoms with E-state index in [1.165, 1.54) is 11.3 Å². The second kappa shape index (κ2) is 6.33. The first-order chi connectivity index (χ1) is 7.59. The Labute approximate surface area is 99.0 Å². The summed E-state index contributed by atoms with van der Waals surface area (Å²) in [5.41, 5.74) is 2.48. The van der Waals surface area contributed by atoms with Crippen LogP contribution in [0.25, 0.3) is 6.08 Å². The van der Waals surface area contributed by atoms with Crippen molar-refractivity contribution in [1.82, 2.24) is 5.32 Å². The molecule has 0 spiro atoms. The zero-order valence-corrected chi connectivity index (χ0v) is 10.7. The van der Waals surface area contributed by atoms with E-state index in [1.54, 1.807) is 0 Å². The maximum Gasteiger partial charge on any atom is 0.0361 e. The van der Waals surface area contributed by atoms with Crippen LogP contribution in [0, 0.1) is 0 Å². The molecule has 88 valence electrons. The molecule has 1 N–H and O–H groups in total. The molecular formula is C14H22N2. The summed E-state index contributed by atoms with van der Waals surface area (Å²) < 4.78 is 0. The molecule has 0 aliphatic rings. The van der Waals surface area contributed by atoms with Crippen LogP contribution in [0.1, 0.15) is 19.4 Å². The number of nitrogens with one attached hydrogen (secondary N) is 1. The van der Waals surface area contributed by atoms with Crippen LogP contribution < -0.4 is 10.2 Å². The summed E-state index contributed by atoms with van der Waals surface area (Å²) in [6.45, 7) is 5.23. The van der Waals surface area contributed by atoms with Gasteiger partial charge in [-0.2, -0.15) is 0 Å². The van der Waals surface area contributed by atoms with Gasteiger partial charge in [0.2, 0.25) is 0 Å².